The van der Waals surface area contributed by atoms with Crippen molar-refractivity contribution in [2.24, 2.45) is 10.7 Å². The van der Waals surface area contributed by atoms with Crippen molar-refractivity contribution in [2.45, 2.75) is 19.1 Å². The molecule has 0 atom stereocenters. The molecule has 0 aliphatic rings. The van der Waals surface area contributed by atoms with E-state index in [0.717, 1.165) is 18.5 Å². The first kappa shape index (κ1) is 14.6. The van der Waals surface area contributed by atoms with Crippen molar-refractivity contribution in [3.63, 3.8) is 0 Å². The van der Waals surface area contributed by atoms with Gasteiger partial charge >= 0.3 is 5.97 Å². The third kappa shape index (κ3) is 4.79. The van der Waals surface area contributed by atoms with Crippen molar-refractivity contribution < 1.29 is 9.53 Å². The second kappa shape index (κ2) is 7.76. The smallest absolute Gasteiger partial charge is 0.337 e. The maximum Gasteiger partial charge on any atom is 0.337 e. The maximum absolute atomic E-state index is 11.4. The zero-order chi connectivity index (χ0) is 13.4. The van der Waals surface area contributed by atoms with Crippen LogP contribution in [0.4, 0.5) is 0 Å². The number of amidine groups is 1. The van der Waals surface area contributed by atoms with E-state index in [4.69, 9.17) is 5.73 Å². The molecule has 1 rings (SSSR count). The Morgan fingerprint density at radius 2 is 2.28 bits per heavy atom. The minimum absolute atomic E-state index is 0.325. The molecule has 4 nitrogen and oxygen atoms in total. The van der Waals surface area contributed by atoms with Crippen LogP contribution in [0.1, 0.15) is 29.3 Å². The summed E-state index contributed by atoms with van der Waals surface area (Å²) in [5, 5.41) is 0.584. The van der Waals surface area contributed by atoms with Crippen LogP contribution < -0.4 is 5.73 Å². The minimum Gasteiger partial charge on any atom is -0.465 e. The lowest BCUT2D eigenvalue weighted by Crippen LogP contribution is -2.08. The van der Waals surface area contributed by atoms with Crippen LogP contribution in [0.25, 0.3) is 0 Å². The lowest BCUT2D eigenvalue weighted by molar-refractivity contribution is 0.0600. The van der Waals surface area contributed by atoms with Crippen molar-refractivity contribution in [2.75, 3.05) is 13.7 Å². The van der Waals surface area contributed by atoms with Crippen LogP contribution in [-0.2, 0) is 10.5 Å². The zero-order valence-corrected chi connectivity index (χ0v) is 11.5. The van der Waals surface area contributed by atoms with E-state index in [9.17, 15) is 4.79 Å². The maximum atomic E-state index is 11.4. The van der Waals surface area contributed by atoms with Crippen molar-refractivity contribution in [3.05, 3.63) is 35.4 Å². The van der Waals surface area contributed by atoms with Crippen LogP contribution in [0.3, 0.4) is 0 Å². The molecule has 0 unspecified atom stereocenters. The number of nitrogens with zero attached hydrogens (tertiary/aromatic N) is 1. The number of esters is 1. The summed E-state index contributed by atoms with van der Waals surface area (Å²) in [7, 11) is 1.37. The van der Waals surface area contributed by atoms with Crippen LogP contribution in [-0.4, -0.2) is 24.8 Å². The van der Waals surface area contributed by atoms with Crippen LogP contribution in [0.15, 0.2) is 29.3 Å². The molecule has 5 heteroatoms. The average Bonchev–Trinajstić information content (AvgIpc) is 2.42. The molecular formula is C13H18N2O2S. The molecule has 0 aromatic heterocycles. The normalized spacial score (nSPS) is 11.3. The standard InChI is InChI=1S/C13H18N2O2S/c1-3-7-15-13(14)18-9-10-5-4-6-11(8-10)12(16)17-2/h4-6,8H,3,7,9H2,1-2H3,(H2,14,15). The highest BCUT2D eigenvalue weighted by molar-refractivity contribution is 8.13. The highest BCUT2D eigenvalue weighted by atomic mass is 32.2. The average molecular weight is 266 g/mol. The summed E-state index contributed by atoms with van der Waals surface area (Å²) in [5.74, 6) is 0.374. The lowest BCUT2D eigenvalue weighted by atomic mass is 10.1. The van der Waals surface area contributed by atoms with Crippen molar-refractivity contribution in [1.82, 2.24) is 0 Å². The summed E-state index contributed by atoms with van der Waals surface area (Å²) in [6.07, 6.45) is 0.985. The van der Waals surface area contributed by atoms with Crippen molar-refractivity contribution >= 4 is 22.9 Å². The number of hydrogen-bond acceptors (Lipinski definition) is 4. The Bertz CT molecular complexity index is 433. The van der Waals surface area contributed by atoms with E-state index in [1.54, 1.807) is 6.07 Å². The predicted octanol–water partition coefficient (Wildman–Crippen LogP) is 2.43. The lowest BCUT2D eigenvalue weighted by Gasteiger charge is -2.04. The molecule has 0 fully saturated rings. The molecule has 0 saturated carbocycles. The number of ether oxygens (including phenoxy) is 1. The van der Waals surface area contributed by atoms with Crippen LogP contribution in [0, 0.1) is 0 Å². The Morgan fingerprint density at radius 1 is 1.50 bits per heavy atom. The van der Waals surface area contributed by atoms with Gasteiger partial charge in [-0.05, 0) is 24.1 Å². The molecule has 1 aromatic rings. The molecule has 0 aliphatic carbocycles. The Morgan fingerprint density at radius 3 is 2.94 bits per heavy atom. The summed E-state index contributed by atoms with van der Waals surface area (Å²) in [6, 6.07) is 7.33. The molecule has 0 aliphatic heterocycles. The van der Waals surface area contributed by atoms with Gasteiger partial charge in [0.1, 0.15) is 0 Å². The summed E-state index contributed by atoms with van der Waals surface area (Å²) in [5.41, 5.74) is 7.33. The quantitative estimate of drug-likeness (QED) is 0.505. The van der Waals surface area contributed by atoms with E-state index in [-0.39, 0.29) is 5.97 Å². The van der Waals surface area contributed by atoms with Crippen LogP contribution in [0.5, 0.6) is 0 Å². The first-order valence-corrected chi connectivity index (χ1v) is 6.76. The number of thioether (sulfide) groups is 1. The highest BCUT2D eigenvalue weighted by Crippen LogP contribution is 2.14. The molecule has 0 amide bonds. The third-order valence-corrected chi connectivity index (χ3v) is 3.13. The number of nitrogens with two attached hydrogens (primary N) is 1. The van der Waals surface area contributed by atoms with Gasteiger partial charge in [-0.3, -0.25) is 4.99 Å². The third-order valence-electron chi connectivity index (χ3n) is 2.23. The molecule has 0 radical (unpaired) electrons. The number of benzene rings is 1. The summed E-state index contributed by atoms with van der Waals surface area (Å²) >= 11 is 1.47. The number of carbonyl (C=O) groups excluding carboxylic acids is 1. The van der Waals surface area contributed by atoms with Gasteiger partial charge in [0.2, 0.25) is 0 Å². The first-order valence-electron chi connectivity index (χ1n) is 5.77. The number of hydrogen-bond donors (Lipinski definition) is 1. The number of rotatable bonds is 5. The van der Waals surface area contributed by atoms with Gasteiger partial charge in [0.15, 0.2) is 5.17 Å². The minimum atomic E-state index is -0.325. The van der Waals surface area contributed by atoms with E-state index in [0.29, 0.717) is 16.5 Å². The van der Waals surface area contributed by atoms with E-state index < -0.39 is 0 Å². The molecular weight excluding hydrogens is 248 g/mol. The fourth-order valence-corrected chi connectivity index (χ4v) is 2.01. The first-order chi connectivity index (χ1) is 8.67. The van der Waals surface area contributed by atoms with Gasteiger partial charge in [-0.15, -0.1) is 0 Å². The second-order valence-electron chi connectivity index (χ2n) is 3.70. The van der Waals surface area contributed by atoms with Crippen molar-refractivity contribution in [1.29, 1.82) is 0 Å². The Kier molecular flexibility index (Phi) is 6.28. The SMILES string of the molecule is CCCN=C(N)SCc1cccc(C(=O)OC)c1. The van der Waals surface area contributed by atoms with Gasteiger partial charge in [0.05, 0.1) is 12.7 Å². The molecule has 0 saturated heterocycles. The molecule has 0 spiro atoms. The van der Waals surface area contributed by atoms with Gasteiger partial charge in [-0.2, -0.15) is 0 Å². The predicted molar refractivity (Wildman–Crippen MR) is 75.9 cm³/mol. The van der Waals surface area contributed by atoms with Crippen LogP contribution in [0.2, 0.25) is 0 Å². The Balaban J connectivity index is 2.60. The van der Waals surface area contributed by atoms with Gasteiger partial charge in [-0.1, -0.05) is 30.8 Å². The van der Waals surface area contributed by atoms with Crippen molar-refractivity contribution in [3.8, 4) is 0 Å². The molecule has 18 heavy (non-hydrogen) atoms. The molecule has 0 heterocycles. The second-order valence-corrected chi connectivity index (χ2v) is 4.70. The molecule has 0 bridgehead atoms. The topological polar surface area (TPSA) is 64.7 Å². The summed E-state index contributed by atoms with van der Waals surface area (Å²) < 4.78 is 4.68. The molecule has 2 N–H and O–H groups in total. The van der Waals surface area contributed by atoms with E-state index in [1.807, 2.05) is 18.2 Å². The van der Waals surface area contributed by atoms with Gasteiger partial charge < -0.3 is 10.5 Å². The summed E-state index contributed by atoms with van der Waals surface area (Å²) in [6.45, 7) is 2.81. The Labute approximate surface area is 112 Å². The largest absolute Gasteiger partial charge is 0.465 e. The number of carbonyl (C=O) groups is 1. The zero-order valence-electron chi connectivity index (χ0n) is 10.7. The van der Waals surface area contributed by atoms with E-state index in [2.05, 4.69) is 16.7 Å². The van der Waals surface area contributed by atoms with Gasteiger partial charge in [0.25, 0.3) is 0 Å². The van der Waals surface area contributed by atoms with E-state index >= 15 is 0 Å². The van der Waals surface area contributed by atoms with Gasteiger partial charge in [-0.25, -0.2) is 4.79 Å². The van der Waals surface area contributed by atoms with Crippen LogP contribution >= 0.6 is 11.8 Å². The van der Waals surface area contributed by atoms with E-state index in [1.165, 1.54) is 18.9 Å². The molecule has 1 aromatic carbocycles. The summed E-state index contributed by atoms with van der Waals surface area (Å²) in [4.78, 5) is 15.6. The Hall–Kier alpha value is -1.49. The van der Waals surface area contributed by atoms with Gasteiger partial charge in [0, 0.05) is 12.3 Å². The highest BCUT2D eigenvalue weighted by Gasteiger charge is 2.05. The number of aliphatic imine (C=N–C) groups is 1. The fourth-order valence-electron chi connectivity index (χ4n) is 1.33. The monoisotopic (exact) mass is 266 g/mol. The molecule has 98 valence electrons. The number of methoxy groups -OCH3 is 1. The fraction of sp³-hybridized carbons (Fsp3) is 0.385.